The molecule has 2 aromatic rings. The highest BCUT2D eigenvalue weighted by molar-refractivity contribution is 6.33. The third kappa shape index (κ3) is 4.22. The van der Waals surface area contributed by atoms with Crippen molar-refractivity contribution in [1.29, 1.82) is 0 Å². The molecule has 2 aromatic carbocycles. The van der Waals surface area contributed by atoms with E-state index in [4.69, 9.17) is 16.3 Å². The van der Waals surface area contributed by atoms with Gasteiger partial charge in [0.05, 0.1) is 15.5 Å². The van der Waals surface area contributed by atoms with Crippen molar-refractivity contribution in [1.82, 2.24) is 0 Å². The van der Waals surface area contributed by atoms with E-state index in [-0.39, 0.29) is 22.1 Å². The summed E-state index contributed by atoms with van der Waals surface area (Å²) < 4.78 is 5.02. The molecule has 0 radical (unpaired) electrons. The molecular weight excluding hydrogens is 346 g/mol. The molecule has 0 N–H and O–H groups in total. The van der Waals surface area contributed by atoms with Crippen LogP contribution in [0.2, 0.25) is 5.02 Å². The third-order valence-electron chi connectivity index (χ3n) is 3.67. The van der Waals surface area contributed by atoms with Gasteiger partial charge in [0, 0.05) is 17.7 Å². The van der Waals surface area contributed by atoms with Crippen molar-refractivity contribution in [3.8, 4) is 0 Å². The van der Waals surface area contributed by atoms with E-state index in [1.165, 1.54) is 6.07 Å². The van der Waals surface area contributed by atoms with Crippen LogP contribution < -0.4 is 0 Å². The fourth-order valence-corrected chi connectivity index (χ4v) is 2.94. The van der Waals surface area contributed by atoms with Crippen molar-refractivity contribution < 1.29 is 19.2 Å². The van der Waals surface area contributed by atoms with Gasteiger partial charge in [0.15, 0.2) is 6.61 Å². The smallest absolute Gasteiger partial charge is 0.340 e. The number of rotatable bonds is 5. The van der Waals surface area contributed by atoms with Crippen LogP contribution in [0.15, 0.2) is 30.3 Å². The predicted octanol–water partition coefficient (Wildman–Crippen LogP) is 4.21. The number of ether oxygens (including phenoxy) is 1. The molecule has 0 aliphatic rings. The fourth-order valence-electron chi connectivity index (χ4n) is 2.68. The Morgan fingerprint density at radius 3 is 2.24 bits per heavy atom. The lowest BCUT2D eigenvalue weighted by atomic mass is 9.97. The zero-order chi connectivity index (χ0) is 18.7. The van der Waals surface area contributed by atoms with Crippen molar-refractivity contribution in [3.63, 3.8) is 0 Å². The number of aryl methyl sites for hydroxylation is 3. The molecule has 0 aliphatic heterocycles. The van der Waals surface area contributed by atoms with Crippen LogP contribution in [0.4, 0.5) is 5.69 Å². The highest BCUT2D eigenvalue weighted by Gasteiger charge is 2.19. The van der Waals surface area contributed by atoms with E-state index in [1.54, 1.807) is 0 Å². The molecule has 0 unspecified atom stereocenters. The monoisotopic (exact) mass is 361 g/mol. The molecule has 7 heteroatoms. The number of halogens is 1. The molecule has 0 fully saturated rings. The van der Waals surface area contributed by atoms with Gasteiger partial charge < -0.3 is 4.74 Å². The molecule has 0 aromatic heterocycles. The Bertz CT molecular complexity index is 853. The number of hydrogen-bond acceptors (Lipinski definition) is 5. The highest BCUT2D eigenvalue weighted by atomic mass is 35.5. The van der Waals surface area contributed by atoms with Gasteiger partial charge in [0.1, 0.15) is 0 Å². The Balaban J connectivity index is 2.13. The molecule has 6 nitrogen and oxygen atoms in total. The molecule has 2 rings (SSSR count). The lowest BCUT2D eigenvalue weighted by Crippen LogP contribution is -2.16. The first-order chi connectivity index (χ1) is 11.7. The minimum absolute atomic E-state index is 0.0302. The van der Waals surface area contributed by atoms with Gasteiger partial charge >= 0.3 is 5.97 Å². The summed E-state index contributed by atoms with van der Waals surface area (Å²) in [6.07, 6.45) is 0. The second-order valence-corrected chi connectivity index (χ2v) is 6.10. The topological polar surface area (TPSA) is 86.5 Å². The van der Waals surface area contributed by atoms with Gasteiger partial charge in [-0.25, -0.2) is 4.79 Å². The lowest BCUT2D eigenvalue weighted by Gasteiger charge is -2.11. The van der Waals surface area contributed by atoms with E-state index in [0.717, 1.165) is 28.8 Å². The van der Waals surface area contributed by atoms with Gasteiger partial charge in [-0.2, -0.15) is 0 Å². The lowest BCUT2D eigenvalue weighted by molar-refractivity contribution is -0.384. The molecule has 0 saturated heterocycles. The Hall–Kier alpha value is -2.73. The number of benzene rings is 2. The first-order valence-corrected chi connectivity index (χ1v) is 7.80. The number of non-ortho nitro benzene ring substituents is 1. The number of nitrogens with zero attached hydrogens (tertiary/aromatic N) is 1. The summed E-state index contributed by atoms with van der Waals surface area (Å²) in [4.78, 5) is 34.5. The molecule has 0 saturated carbocycles. The molecule has 0 aliphatic carbocycles. The van der Waals surface area contributed by atoms with Gasteiger partial charge in [-0.15, -0.1) is 0 Å². The molecule has 0 spiro atoms. The van der Waals surface area contributed by atoms with E-state index in [1.807, 2.05) is 32.9 Å². The number of hydrogen-bond donors (Lipinski definition) is 0. The van der Waals surface area contributed by atoms with Gasteiger partial charge in [-0.1, -0.05) is 29.3 Å². The SMILES string of the molecule is Cc1cc(C)c(C(=O)COC(=O)c2ccc([N+](=O)[O-])cc2Cl)c(C)c1. The van der Waals surface area contributed by atoms with E-state index in [0.29, 0.717) is 5.56 Å². The summed E-state index contributed by atoms with van der Waals surface area (Å²) in [7, 11) is 0. The third-order valence-corrected chi connectivity index (χ3v) is 3.99. The summed E-state index contributed by atoms with van der Waals surface area (Å²) in [5.74, 6) is -1.13. The quantitative estimate of drug-likeness (QED) is 0.344. The molecule has 0 amide bonds. The van der Waals surface area contributed by atoms with Crippen LogP contribution in [-0.2, 0) is 4.74 Å². The summed E-state index contributed by atoms with van der Waals surface area (Å²) >= 11 is 5.88. The zero-order valence-electron chi connectivity index (χ0n) is 14.0. The second-order valence-electron chi connectivity index (χ2n) is 5.69. The van der Waals surface area contributed by atoms with E-state index < -0.39 is 17.5 Å². The van der Waals surface area contributed by atoms with Crippen LogP contribution in [0.5, 0.6) is 0 Å². The Morgan fingerprint density at radius 1 is 1.12 bits per heavy atom. The fraction of sp³-hybridized carbons (Fsp3) is 0.222. The minimum atomic E-state index is -0.810. The molecule has 0 heterocycles. The number of nitro groups is 1. The maximum Gasteiger partial charge on any atom is 0.340 e. The highest BCUT2D eigenvalue weighted by Crippen LogP contribution is 2.23. The maximum atomic E-state index is 12.4. The van der Waals surface area contributed by atoms with Gasteiger partial charge in [-0.3, -0.25) is 14.9 Å². The van der Waals surface area contributed by atoms with E-state index in [2.05, 4.69) is 0 Å². The predicted molar refractivity (Wildman–Crippen MR) is 93.4 cm³/mol. The summed E-state index contributed by atoms with van der Waals surface area (Å²) in [5.41, 5.74) is 2.93. The molecule has 0 bridgehead atoms. The van der Waals surface area contributed by atoms with Gasteiger partial charge in [0.25, 0.3) is 5.69 Å². The number of ketones is 1. The Labute approximate surface area is 149 Å². The van der Waals surface area contributed by atoms with Crippen molar-refractivity contribution >= 4 is 29.0 Å². The van der Waals surface area contributed by atoms with Crippen LogP contribution in [-0.4, -0.2) is 23.3 Å². The Morgan fingerprint density at radius 2 is 1.72 bits per heavy atom. The first kappa shape index (κ1) is 18.6. The van der Waals surface area contributed by atoms with E-state index >= 15 is 0 Å². The normalized spacial score (nSPS) is 10.4. The molecular formula is C18H16ClNO5. The van der Waals surface area contributed by atoms with Crippen LogP contribution in [0.1, 0.15) is 37.4 Å². The first-order valence-electron chi connectivity index (χ1n) is 7.43. The largest absolute Gasteiger partial charge is 0.454 e. The number of carbonyl (C=O) groups is 2. The maximum absolute atomic E-state index is 12.4. The van der Waals surface area contributed by atoms with E-state index in [9.17, 15) is 19.7 Å². The average Bonchev–Trinajstić information content (AvgIpc) is 2.51. The van der Waals surface area contributed by atoms with Crippen LogP contribution >= 0.6 is 11.6 Å². The van der Waals surface area contributed by atoms with Crippen LogP contribution in [0.3, 0.4) is 0 Å². The second kappa shape index (κ2) is 7.44. The van der Waals surface area contributed by atoms with Crippen molar-refractivity contribution in [3.05, 3.63) is 73.3 Å². The van der Waals surface area contributed by atoms with Crippen molar-refractivity contribution in [2.45, 2.75) is 20.8 Å². The molecule has 130 valence electrons. The van der Waals surface area contributed by atoms with Gasteiger partial charge in [0.2, 0.25) is 5.78 Å². The summed E-state index contributed by atoms with van der Waals surface area (Å²) in [6, 6.07) is 7.19. The number of Topliss-reactive ketones (excluding diaryl/α,β-unsaturated/α-hetero) is 1. The standard InChI is InChI=1S/C18H16ClNO5/c1-10-6-11(2)17(12(3)7-10)16(21)9-25-18(22)14-5-4-13(20(23)24)8-15(14)19/h4-8H,9H2,1-3H3. The van der Waals surface area contributed by atoms with Gasteiger partial charge in [-0.05, 0) is 38.0 Å². The number of carbonyl (C=O) groups excluding carboxylic acids is 2. The zero-order valence-corrected chi connectivity index (χ0v) is 14.7. The number of esters is 1. The summed E-state index contributed by atoms with van der Waals surface area (Å²) in [5, 5.41) is 10.6. The summed E-state index contributed by atoms with van der Waals surface area (Å²) in [6.45, 7) is 5.15. The molecule has 25 heavy (non-hydrogen) atoms. The Kier molecular flexibility index (Phi) is 5.54. The average molecular weight is 362 g/mol. The van der Waals surface area contributed by atoms with Crippen LogP contribution in [0.25, 0.3) is 0 Å². The molecule has 0 atom stereocenters. The van der Waals surface area contributed by atoms with Crippen molar-refractivity contribution in [2.24, 2.45) is 0 Å². The number of nitro benzene ring substituents is 1. The van der Waals surface area contributed by atoms with Crippen molar-refractivity contribution in [2.75, 3.05) is 6.61 Å². The van der Waals surface area contributed by atoms with Crippen LogP contribution in [0, 0.1) is 30.9 Å². The minimum Gasteiger partial charge on any atom is -0.454 e.